The summed E-state index contributed by atoms with van der Waals surface area (Å²) in [4.78, 5) is 37.9. The molecule has 0 aliphatic rings. The Morgan fingerprint density at radius 2 is 0.699 bits per heavy atom. The van der Waals surface area contributed by atoms with Crippen molar-refractivity contribution in [2.45, 2.75) is 380 Å². The van der Waals surface area contributed by atoms with Crippen LogP contribution in [0.1, 0.15) is 367 Å². The van der Waals surface area contributed by atoms with Crippen LogP contribution >= 0.6 is 7.82 Å². The molecule has 0 heterocycles. The minimum Gasteiger partial charge on any atom is -0.456 e. The van der Waals surface area contributed by atoms with E-state index in [9.17, 15) is 19.0 Å². The zero-order chi connectivity index (χ0) is 60.7. The van der Waals surface area contributed by atoms with Crippen LogP contribution in [0, 0.1) is 0 Å². The van der Waals surface area contributed by atoms with Gasteiger partial charge in [-0.2, -0.15) is 0 Å². The SMILES string of the molecule is CCCCCCCC/C=C/CCCCCCCCCCCCCCCCCCCC(=O)NC(COP(=O)(O)OCC[N+](C)(C)C)C(/C=C\CCCCCCCCCCCCC)OC(=O)CCCCCCCCC/C=C/CCCCCCCC. The molecule has 0 saturated heterocycles. The summed E-state index contributed by atoms with van der Waals surface area (Å²) in [6.07, 6.45) is 78.7. The van der Waals surface area contributed by atoms with Crippen LogP contribution < -0.4 is 5.32 Å². The number of ether oxygens (including phenoxy) is 1. The molecule has 0 saturated carbocycles. The fraction of sp³-hybridized carbons (Fsp3) is 0.890. The molecule has 1 amide bonds. The number of quaternary nitrogens is 1. The van der Waals surface area contributed by atoms with E-state index in [0.29, 0.717) is 23.9 Å². The summed E-state index contributed by atoms with van der Waals surface area (Å²) < 4.78 is 30.8. The summed E-state index contributed by atoms with van der Waals surface area (Å²) in [5, 5.41) is 3.08. The summed E-state index contributed by atoms with van der Waals surface area (Å²) in [5.74, 6) is -0.490. The number of amides is 1. The fourth-order valence-corrected chi connectivity index (χ4v) is 11.7. The number of nitrogens with one attached hydrogen (secondary N) is 1. The van der Waals surface area contributed by atoms with Gasteiger partial charge in [-0.3, -0.25) is 18.6 Å². The van der Waals surface area contributed by atoms with Crippen LogP contribution in [-0.2, 0) is 27.9 Å². The smallest absolute Gasteiger partial charge is 0.456 e. The van der Waals surface area contributed by atoms with Gasteiger partial charge in [-0.05, 0) is 83.1 Å². The number of esters is 1. The number of carbonyl (C=O) groups is 2. The summed E-state index contributed by atoms with van der Waals surface area (Å²) in [6, 6.07) is -0.847. The third-order valence-corrected chi connectivity index (χ3v) is 17.5. The zero-order valence-electron chi connectivity index (χ0n) is 56.2. The van der Waals surface area contributed by atoms with Gasteiger partial charge in [0.1, 0.15) is 19.3 Å². The van der Waals surface area contributed by atoms with Crippen LogP contribution in [0.3, 0.4) is 0 Å². The molecule has 0 fully saturated rings. The normalized spacial score (nSPS) is 13.7. The molecular formula is C73H142N2O7P+. The number of rotatable bonds is 67. The van der Waals surface area contributed by atoms with Gasteiger partial charge in [-0.1, -0.05) is 308 Å². The summed E-state index contributed by atoms with van der Waals surface area (Å²) >= 11 is 0. The molecule has 0 aliphatic heterocycles. The van der Waals surface area contributed by atoms with Crippen LogP contribution in [-0.4, -0.2) is 74.3 Å². The first-order valence-electron chi connectivity index (χ1n) is 36.3. The zero-order valence-corrected chi connectivity index (χ0v) is 57.1. The first-order valence-corrected chi connectivity index (χ1v) is 37.8. The van der Waals surface area contributed by atoms with E-state index in [1.54, 1.807) is 0 Å². The Balaban J connectivity index is 5.00. The lowest BCUT2D eigenvalue weighted by Gasteiger charge is -2.27. The van der Waals surface area contributed by atoms with Gasteiger partial charge in [0, 0.05) is 12.8 Å². The van der Waals surface area contributed by atoms with Crippen molar-refractivity contribution in [1.29, 1.82) is 0 Å². The molecule has 3 atom stereocenters. The van der Waals surface area contributed by atoms with Gasteiger partial charge in [0.25, 0.3) is 0 Å². The van der Waals surface area contributed by atoms with Gasteiger partial charge in [0.15, 0.2) is 0 Å². The van der Waals surface area contributed by atoms with E-state index < -0.39 is 20.0 Å². The topological polar surface area (TPSA) is 111 Å². The highest BCUT2D eigenvalue weighted by atomic mass is 31.2. The van der Waals surface area contributed by atoms with Crippen molar-refractivity contribution in [3.8, 4) is 0 Å². The average molecular weight is 1190 g/mol. The minimum atomic E-state index is -4.45. The van der Waals surface area contributed by atoms with E-state index in [2.05, 4.69) is 50.4 Å². The van der Waals surface area contributed by atoms with Crippen molar-refractivity contribution in [1.82, 2.24) is 5.32 Å². The molecule has 0 bridgehead atoms. The number of likely N-dealkylation sites (N-methyl/N-ethyl adjacent to an activating group) is 1. The highest BCUT2D eigenvalue weighted by Gasteiger charge is 2.30. The summed E-state index contributed by atoms with van der Waals surface area (Å²) in [7, 11) is 1.51. The summed E-state index contributed by atoms with van der Waals surface area (Å²) in [5.41, 5.74) is 0. The molecule has 0 aromatic rings. The number of nitrogens with zero attached hydrogens (tertiary/aromatic N) is 1. The second kappa shape index (κ2) is 63.3. The third kappa shape index (κ3) is 64.5. The number of carbonyl (C=O) groups excluding carboxylic acids is 2. The maximum Gasteiger partial charge on any atom is 0.472 e. The van der Waals surface area contributed by atoms with Crippen LogP contribution in [0.2, 0.25) is 0 Å². The van der Waals surface area contributed by atoms with Crippen LogP contribution in [0.5, 0.6) is 0 Å². The Kier molecular flexibility index (Phi) is 61.9. The lowest BCUT2D eigenvalue weighted by Crippen LogP contribution is -2.47. The lowest BCUT2D eigenvalue weighted by molar-refractivity contribution is -0.870. The second-order valence-electron chi connectivity index (χ2n) is 26.1. The lowest BCUT2D eigenvalue weighted by atomic mass is 10.0. The first-order chi connectivity index (χ1) is 40.4. The highest BCUT2D eigenvalue weighted by molar-refractivity contribution is 7.47. The average Bonchev–Trinajstić information content (AvgIpc) is 3.47. The minimum absolute atomic E-state index is 0.0423. The van der Waals surface area contributed by atoms with Crippen molar-refractivity contribution >= 4 is 19.7 Å². The Morgan fingerprint density at radius 3 is 1.02 bits per heavy atom. The Morgan fingerprint density at radius 1 is 0.410 bits per heavy atom. The Hall–Kier alpha value is -1.77. The number of allylic oxidation sites excluding steroid dienone is 5. The van der Waals surface area contributed by atoms with E-state index in [1.165, 1.54) is 276 Å². The van der Waals surface area contributed by atoms with Gasteiger partial charge in [-0.15, -0.1) is 0 Å². The molecule has 2 N–H and O–H groups in total. The standard InChI is InChI=1S/C73H141N2O7P/c1-7-10-13-16-19-22-25-28-30-32-33-34-35-36-37-38-39-40-41-43-44-47-50-53-56-59-62-65-72(76)74-70(69-81-83(78,79)80-68-67-75(4,5)6)71(64-61-58-55-52-49-46-27-24-21-18-15-12-9-3)82-73(77)66-63-60-57-54-51-48-45-42-31-29-26-23-20-17-14-11-8-2/h28-31,61,64,70-71H,7-27,32-60,62-63,65-69H2,1-6H3,(H-,74,76,78,79)/p+1/b30-28+,31-29+,64-61-. The van der Waals surface area contributed by atoms with E-state index >= 15 is 0 Å². The molecule has 83 heavy (non-hydrogen) atoms. The number of hydrogen-bond donors (Lipinski definition) is 2. The molecule has 0 rings (SSSR count). The molecule has 0 radical (unpaired) electrons. The number of phosphoric ester groups is 1. The monoisotopic (exact) mass is 1190 g/mol. The maximum absolute atomic E-state index is 13.6. The fourth-order valence-electron chi connectivity index (χ4n) is 10.9. The van der Waals surface area contributed by atoms with E-state index in [4.69, 9.17) is 13.8 Å². The van der Waals surface area contributed by atoms with Crippen molar-refractivity contribution in [3.05, 3.63) is 36.5 Å². The maximum atomic E-state index is 13.6. The van der Waals surface area contributed by atoms with Gasteiger partial charge in [0.05, 0.1) is 33.8 Å². The van der Waals surface area contributed by atoms with Crippen LogP contribution in [0.4, 0.5) is 0 Å². The van der Waals surface area contributed by atoms with Crippen molar-refractivity contribution in [2.24, 2.45) is 0 Å². The molecule has 3 unspecified atom stereocenters. The third-order valence-electron chi connectivity index (χ3n) is 16.6. The van der Waals surface area contributed by atoms with E-state index in [1.807, 2.05) is 33.3 Å². The Labute approximate surface area is 516 Å². The van der Waals surface area contributed by atoms with Crippen molar-refractivity contribution in [2.75, 3.05) is 40.9 Å². The van der Waals surface area contributed by atoms with Gasteiger partial charge >= 0.3 is 13.8 Å². The number of phosphoric acid groups is 1. The molecule has 490 valence electrons. The molecular weight excluding hydrogens is 1050 g/mol. The number of hydrogen-bond acceptors (Lipinski definition) is 6. The predicted octanol–water partition coefficient (Wildman–Crippen LogP) is 23.0. The second-order valence-corrected chi connectivity index (χ2v) is 27.6. The van der Waals surface area contributed by atoms with E-state index in [0.717, 1.165) is 57.8 Å². The van der Waals surface area contributed by atoms with Crippen LogP contribution in [0.15, 0.2) is 36.5 Å². The predicted molar refractivity (Wildman–Crippen MR) is 360 cm³/mol. The van der Waals surface area contributed by atoms with Crippen molar-refractivity contribution in [3.63, 3.8) is 0 Å². The van der Waals surface area contributed by atoms with Crippen molar-refractivity contribution < 1.29 is 37.3 Å². The van der Waals surface area contributed by atoms with E-state index in [-0.39, 0.29) is 25.1 Å². The largest absolute Gasteiger partial charge is 0.472 e. The van der Waals surface area contributed by atoms with Gasteiger partial charge in [0.2, 0.25) is 5.91 Å². The molecule has 0 aliphatic carbocycles. The molecule has 0 aromatic heterocycles. The van der Waals surface area contributed by atoms with Gasteiger partial charge in [-0.25, -0.2) is 4.57 Å². The molecule has 0 aromatic carbocycles. The first kappa shape index (κ1) is 81.2. The summed E-state index contributed by atoms with van der Waals surface area (Å²) in [6.45, 7) is 7.06. The van der Waals surface area contributed by atoms with Crippen LogP contribution in [0.25, 0.3) is 0 Å². The molecule has 9 nitrogen and oxygen atoms in total. The highest BCUT2D eigenvalue weighted by Crippen LogP contribution is 2.43. The molecule has 10 heteroatoms. The van der Waals surface area contributed by atoms with Gasteiger partial charge < -0.3 is 19.4 Å². The Bertz CT molecular complexity index is 1510. The number of unbranched alkanes of at least 4 members (excludes halogenated alkanes) is 47. The quantitative estimate of drug-likeness (QED) is 0.0205. The molecule has 0 spiro atoms.